The van der Waals surface area contributed by atoms with Crippen molar-refractivity contribution in [2.24, 2.45) is 7.05 Å². The standard InChI is InChI=1S/C23H18FN3S/c1-27-22(19-11-14-25-15-12-19)21(18-7-9-20(24)10-8-18)26-23(27)28-16-13-17-5-3-2-4-6-17/h2-16H,1H3/b16-13-. The Hall–Kier alpha value is -3.18. The van der Waals surface area contributed by atoms with Crippen molar-refractivity contribution in [3.63, 3.8) is 0 Å². The molecule has 0 saturated carbocycles. The molecule has 0 fully saturated rings. The maximum absolute atomic E-state index is 13.4. The number of hydrogen-bond donors (Lipinski definition) is 0. The molecule has 0 amide bonds. The molecule has 0 unspecified atom stereocenters. The molecule has 3 nitrogen and oxygen atoms in total. The monoisotopic (exact) mass is 387 g/mol. The van der Waals surface area contributed by atoms with Crippen LogP contribution in [0.25, 0.3) is 28.6 Å². The Morgan fingerprint density at radius 2 is 1.61 bits per heavy atom. The number of halogens is 1. The fourth-order valence-corrected chi connectivity index (χ4v) is 3.71. The molecule has 4 aromatic rings. The second-order valence-corrected chi connectivity index (χ2v) is 7.10. The summed E-state index contributed by atoms with van der Waals surface area (Å²) in [4.78, 5) is 8.96. The van der Waals surface area contributed by atoms with E-state index >= 15 is 0 Å². The maximum atomic E-state index is 13.4. The third kappa shape index (κ3) is 3.89. The van der Waals surface area contributed by atoms with E-state index in [1.54, 1.807) is 36.3 Å². The maximum Gasteiger partial charge on any atom is 0.173 e. The van der Waals surface area contributed by atoms with Crippen molar-refractivity contribution in [1.82, 2.24) is 14.5 Å². The molecule has 2 heterocycles. The minimum absolute atomic E-state index is 0.259. The third-order valence-corrected chi connectivity index (χ3v) is 5.21. The van der Waals surface area contributed by atoms with Gasteiger partial charge < -0.3 is 4.57 Å². The summed E-state index contributed by atoms with van der Waals surface area (Å²) in [5, 5.41) is 2.89. The van der Waals surface area contributed by atoms with Gasteiger partial charge in [-0.3, -0.25) is 4.98 Å². The first-order valence-electron chi connectivity index (χ1n) is 8.83. The number of nitrogens with zero attached hydrogens (tertiary/aromatic N) is 3. The van der Waals surface area contributed by atoms with Gasteiger partial charge in [0, 0.05) is 30.6 Å². The van der Waals surface area contributed by atoms with E-state index in [-0.39, 0.29) is 5.82 Å². The molecule has 0 aliphatic rings. The molecule has 0 bridgehead atoms. The molecule has 5 heteroatoms. The molecule has 0 radical (unpaired) electrons. The zero-order valence-electron chi connectivity index (χ0n) is 15.3. The van der Waals surface area contributed by atoms with Crippen LogP contribution in [0.2, 0.25) is 0 Å². The van der Waals surface area contributed by atoms with E-state index in [4.69, 9.17) is 4.98 Å². The van der Waals surface area contributed by atoms with Crippen LogP contribution in [-0.4, -0.2) is 14.5 Å². The van der Waals surface area contributed by atoms with Gasteiger partial charge in [0.25, 0.3) is 0 Å². The lowest BCUT2D eigenvalue weighted by Crippen LogP contribution is -1.94. The van der Waals surface area contributed by atoms with Gasteiger partial charge in [-0.25, -0.2) is 9.37 Å². The molecule has 0 aliphatic heterocycles. The van der Waals surface area contributed by atoms with Crippen LogP contribution in [-0.2, 0) is 7.05 Å². The van der Waals surface area contributed by atoms with Gasteiger partial charge in [0.1, 0.15) is 5.82 Å². The highest BCUT2D eigenvalue weighted by Gasteiger charge is 2.17. The number of aromatic nitrogens is 3. The Morgan fingerprint density at radius 3 is 2.32 bits per heavy atom. The van der Waals surface area contributed by atoms with Gasteiger partial charge in [-0.05, 0) is 53.4 Å². The van der Waals surface area contributed by atoms with Crippen molar-refractivity contribution >= 4 is 17.8 Å². The highest BCUT2D eigenvalue weighted by molar-refractivity contribution is 8.02. The number of imidazole rings is 1. The van der Waals surface area contributed by atoms with Gasteiger partial charge in [0.2, 0.25) is 0 Å². The Balaban J connectivity index is 1.74. The predicted molar refractivity (Wildman–Crippen MR) is 113 cm³/mol. The first-order valence-corrected chi connectivity index (χ1v) is 9.71. The van der Waals surface area contributed by atoms with Crippen molar-refractivity contribution in [2.75, 3.05) is 0 Å². The summed E-state index contributed by atoms with van der Waals surface area (Å²) in [5.41, 5.74) is 4.83. The quantitative estimate of drug-likeness (QED) is 0.391. The fourth-order valence-electron chi connectivity index (χ4n) is 2.97. The predicted octanol–water partition coefficient (Wildman–Crippen LogP) is 6.05. The van der Waals surface area contributed by atoms with E-state index in [1.165, 1.54) is 12.1 Å². The summed E-state index contributed by atoms with van der Waals surface area (Å²) in [6.45, 7) is 0. The molecule has 0 N–H and O–H groups in total. The van der Waals surface area contributed by atoms with Gasteiger partial charge in [-0.1, -0.05) is 42.1 Å². The van der Waals surface area contributed by atoms with Crippen LogP contribution in [0.1, 0.15) is 5.56 Å². The van der Waals surface area contributed by atoms with E-state index in [0.29, 0.717) is 0 Å². The molecule has 0 atom stereocenters. The average Bonchev–Trinajstić information content (AvgIpc) is 3.06. The minimum Gasteiger partial charge on any atom is -0.321 e. The Morgan fingerprint density at radius 1 is 0.893 bits per heavy atom. The largest absolute Gasteiger partial charge is 0.321 e. The van der Waals surface area contributed by atoms with Crippen molar-refractivity contribution in [3.05, 3.63) is 95.9 Å². The molecule has 2 aromatic heterocycles. The van der Waals surface area contributed by atoms with Gasteiger partial charge in [-0.2, -0.15) is 0 Å². The summed E-state index contributed by atoms with van der Waals surface area (Å²) < 4.78 is 15.5. The topological polar surface area (TPSA) is 30.7 Å². The Kier molecular flexibility index (Phi) is 5.35. The molecule has 0 aliphatic carbocycles. The lowest BCUT2D eigenvalue weighted by molar-refractivity contribution is 0.628. The zero-order chi connectivity index (χ0) is 19.3. The van der Waals surface area contributed by atoms with Crippen molar-refractivity contribution in [3.8, 4) is 22.5 Å². The summed E-state index contributed by atoms with van der Waals surface area (Å²) in [6.07, 6.45) is 5.58. The minimum atomic E-state index is -0.259. The van der Waals surface area contributed by atoms with E-state index in [1.807, 2.05) is 42.8 Å². The second-order valence-electron chi connectivity index (χ2n) is 6.22. The molecule has 138 valence electrons. The van der Waals surface area contributed by atoms with Crippen LogP contribution in [0, 0.1) is 5.82 Å². The van der Waals surface area contributed by atoms with E-state index < -0.39 is 0 Å². The Bertz CT molecular complexity index is 1090. The van der Waals surface area contributed by atoms with Crippen LogP contribution in [0.4, 0.5) is 4.39 Å². The van der Waals surface area contributed by atoms with Crippen molar-refractivity contribution in [2.45, 2.75) is 5.16 Å². The van der Waals surface area contributed by atoms with E-state index in [9.17, 15) is 4.39 Å². The summed E-state index contributed by atoms with van der Waals surface area (Å²) in [5.74, 6) is -0.259. The summed E-state index contributed by atoms with van der Waals surface area (Å²) in [6, 6.07) is 20.5. The first-order chi connectivity index (χ1) is 13.7. The molecule has 2 aromatic carbocycles. The third-order valence-electron chi connectivity index (χ3n) is 4.36. The van der Waals surface area contributed by atoms with Gasteiger partial charge >= 0.3 is 0 Å². The molecule has 28 heavy (non-hydrogen) atoms. The average molecular weight is 387 g/mol. The van der Waals surface area contributed by atoms with E-state index in [0.717, 1.165) is 33.2 Å². The molecular weight excluding hydrogens is 369 g/mol. The van der Waals surface area contributed by atoms with Gasteiger partial charge in [-0.15, -0.1) is 0 Å². The smallest absolute Gasteiger partial charge is 0.173 e. The number of benzene rings is 2. The summed E-state index contributed by atoms with van der Waals surface area (Å²) in [7, 11) is 1.99. The zero-order valence-corrected chi connectivity index (χ0v) is 16.1. The molecule has 0 spiro atoms. The highest BCUT2D eigenvalue weighted by atomic mass is 32.2. The highest BCUT2D eigenvalue weighted by Crippen LogP contribution is 2.35. The van der Waals surface area contributed by atoms with Crippen LogP contribution in [0.3, 0.4) is 0 Å². The van der Waals surface area contributed by atoms with Crippen LogP contribution in [0.15, 0.2) is 89.7 Å². The Labute approximate surface area is 167 Å². The van der Waals surface area contributed by atoms with Gasteiger partial charge in [0.05, 0.1) is 11.4 Å². The lowest BCUT2D eigenvalue weighted by Gasteiger charge is -2.07. The SMILES string of the molecule is Cn1c(S/C=C\c2ccccc2)nc(-c2ccc(F)cc2)c1-c1ccncc1. The number of pyridine rings is 1. The number of rotatable bonds is 5. The summed E-state index contributed by atoms with van der Waals surface area (Å²) >= 11 is 1.55. The van der Waals surface area contributed by atoms with Gasteiger partial charge in [0.15, 0.2) is 5.16 Å². The van der Waals surface area contributed by atoms with Crippen LogP contribution in [0.5, 0.6) is 0 Å². The van der Waals surface area contributed by atoms with E-state index in [2.05, 4.69) is 27.8 Å². The molecule has 4 rings (SSSR count). The van der Waals surface area contributed by atoms with Crippen molar-refractivity contribution in [1.29, 1.82) is 0 Å². The first kappa shape index (κ1) is 18.2. The fraction of sp³-hybridized carbons (Fsp3) is 0.0435. The second kappa shape index (κ2) is 8.23. The lowest BCUT2D eigenvalue weighted by atomic mass is 10.1. The molecular formula is C23H18FN3S. The number of thioether (sulfide) groups is 1. The van der Waals surface area contributed by atoms with Crippen LogP contribution >= 0.6 is 11.8 Å². The normalized spacial score (nSPS) is 11.2. The number of hydrogen-bond acceptors (Lipinski definition) is 3. The van der Waals surface area contributed by atoms with Crippen molar-refractivity contribution < 1.29 is 4.39 Å². The molecule has 0 saturated heterocycles. The van der Waals surface area contributed by atoms with Crippen LogP contribution < -0.4 is 0 Å².